The molecule has 16 heavy (non-hydrogen) atoms. The van der Waals surface area contributed by atoms with Crippen molar-refractivity contribution in [1.29, 1.82) is 0 Å². The molecular weight excluding hydrogens is 218 g/mol. The first kappa shape index (κ1) is 12.6. The highest BCUT2D eigenvalue weighted by molar-refractivity contribution is 6.01. The summed E-state index contributed by atoms with van der Waals surface area (Å²) in [5, 5.41) is 8.80. The lowest BCUT2D eigenvalue weighted by Crippen LogP contribution is -2.32. The number of aliphatic hydroxyl groups is 1. The normalized spacial score (nSPS) is 15.7. The van der Waals surface area contributed by atoms with E-state index in [1.165, 1.54) is 0 Å². The molecule has 0 unspecified atom stereocenters. The fraction of sp³-hybridized carbons (Fsp3) is 0.667. The Hall–Kier alpha value is -1.47. The van der Waals surface area contributed by atoms with Crippen molar-refractivity contribution in [2.45, 2.75) is 25.7 Å². The number of hydrogen-bond acceptors (Lipinski definition) is 6. The fourth-order valence-electron chi connectivity index (χ4n) is 1.19. The lowest BCUT2D eigenvalue weighted by Gasteiger charge is -2.12. The minimum atomic E-state index is -0.662. The summed E-state index contributed by atoms with van der Waals surface area (Å²) in [6.07, 6.45) is 0.548. The van der Waals surface area contributed by atoms with E-state index in [4.69, 9.17) is 5.11 Å². The third kappa shape index (κ3) is 3.59. The van der Waals surface area contributed by atoms with E-state index in [1.54, 1.807) is 0 Å². The van der Waals surface area contributed by atoms with E-state index < -0.39 is 24.6 Å². The number of imide groups is 1. The molecule has 1 rings (SSSR count). The van der Waals surface area contributed by atoms with Crippen LogP contribution >= 0.6 is 0 Å². The topological polar surface area (TPSA) is 93.1 Å². The van der Waals surface area contributed by atoms with Crippen molar-refractivity contribution in [2.24, 2.45) is 0 Å². The van der Waals surface area contributed by atoms with Gasteiger partial charge in [0.15, 0.2) is 0 Å². The molecule has 7 heteroatoms. The number of rotatable bonds is 6. The van der Waals surface area contributed by atoms with Gasteiger partial charge in [0.1, 0.15) is 6.79 Å². The Balaban J connectivity index is 2.23. The van der Waals surface area contributed by atoms with Crippen LogP contribution in [0.4, 0.5) is 0 Å². The molecule has 0 radical (unpaired) electrons. The highest BCUT2D eigenvalue weighted by atomic mass is 16.7. The molecule has 0 saturated carbocycles. The van der Waals surface area contributed by atoms with Crippen LogP contribution in [-0.4, -0.2) is 41.4 Å². The van der Waals surface area contributed by atoms with Gasteiger partial charge < -0.3 is 14.7 Å². The molecule has 0 aromatic rings. The zero-order chi connectivity index (χ0) is 12.0. The molecule has 1 saturated heterocycles. The van der Waals surface area contributed by atoms with Crippen molar-refractivity contribution in [3.8, 4) is 0 Å². The summed E-state index contributed by atoms with van der Waals surface area (Å²) in [5.74, 6) is -1.65. The average molecular weight is 231 g/mol. The van der Waals surface area contributed by atoms with Crippen molar-refractivity contribution in [3.05, 3.63) is 0 Å². The number of hydroxylamine groups is 2. The summed E-state index contributed by atoms with van der Waals surface area (Å²) in [6, 6.07) is 0. The van der Waals surface area contributed by atoms with Crippen LogP contribution in [0, 0.1) is 0 Å². The lowest BCUT2D eigenvalue weighted by atomic mass is 10.3. The van der Waals surface area contributed by atoms with E-state index in [0.29, 0.717) is 11.5 Å². The van der Waals surface area contributed by atoms with Gasteiger partial charge in [-0.2, -0.15) is 0 Å². The van der Waals surface area contributed by atoms with Crippen LogP contribution in [0.25, 0.3) is 0 Å². The van der Waals surface area contributed by atoms with Crippen LogP contribution in [0.2, 0.25) is 0 Å². The fourth-order valence-corrected chi connectivity index (χ4v) is 1.19. The third-order valence-electron chi connectivity index (χ3n) is 1.96. The second-order valence-electron chi connectivity index (χ2n) is 3.19. The van der Waals surface area contributed by atoms with E-state index >= 15 is 0 Å². The maximum atomic E-state index is 11.2. The predicted octanol–water partition coefficient (Wildman–Crippen LogP) is -0.660. The largest absolute Gasteiger partial charge is 0.371 e. The summed E-state index contributed by atoms with van der Waals surface area (Å²) >= 11 is 0. The Kier molecular flexibility index (Phi) is 4.87. The number of carbonyl (C=O) groups excluding carboxylic acids is 3. The standard InChI is InChI=1S/C9H13NO6/c11-6-15-5-1-2-9(14)16-10-7(12)3-4-8(10)13/h11H,1-6H2. The Morgan fingerprint density at radius 1 is 1.31 bits per heavy atom. The number of nitrogens with zero attached hydrogens (tertiary/aromatic N) is 1. The first-order valence-corrected chi connectivity index (χ1v) is 4.90. The van der Waals surface area contributed by atoms with Gasteiger partial charge in [-0.25, -0.2) is 4.79 Å². The SMILES string of the molecule is O=C(CCCOCO)ON1C(=O)CCC1=O. The number of aliphatic hydroxyl groups excluding tert-OH is 1. The van der Waals surface area contributed by atoms with E-state index in [9.17, 15) is 14.4 Å². The quantitative estimate of drug-likeness (QED) is 0.370. The van der Waals surface area contributed by atoms with Crippen LogP contribution in [0.1, 0.15) is 25.7 Å². The summed E-state index contributed by atoms with van der Waals surface area (Å²) in [6.45, 7) is -0.189. The molecule has 2 amide bonds. The molecule has 1 aliphatic heterocycles. The molecule has 0 aromatic carbocycles. The van der Waals surface area contributed by atoms with Crippen molar-refractivity contribution in [3.63, 3.8) is 0 Å². The summed E-state index contributed by atoms with van der Waals surface area (Å²) in [4.78, 5) is 37.9. The second-order valence-corrected chi connectivity index (χ2v) is 3.19. The first-order valence-electron chi connectivity index (χ1n) is 4.90. The van der Waals surface area contributed by atoms with Crippen LogP contribution in [-0.2, 0) is 24.0 Å². The molecule has 1 fully saturated rings. The number of hydrogen-bond donors (Lipinski definition) is 1. The molecule has 0 spiro atoms. The van der Waals surface area contributed by atoms with Gasteiger partial charge in [0.2, 0.25) is 0 Å². The van der Waals surface area contributed by atoms with Crippen molar-refractivity contribution in [2.75, 3.05) is 13.4 Å². The summed E-state index contributed by atoms with van der Waals surface area (Å²) in [7, 11) is 0. The summed E-state index contributed by atoms with van der Waals surface area (Å²) in [5.41, 5.74) is 0. The van der Waals surface area contributed by atoms with Gasteiger partial charge in [-0.1, -0.05) is 0 Å². The molecule has 1 heterocycles. The highest BCUT2D eigenvalue weighted by Gasteiger charge is 2.32. The molecule has 0 atom stereocenters. The van der Waals surface area contributed by atoms with E-state index in [0.717, 1.165) is 0 Å². The van der Waals surface area contributed by atoms with Gasteiger partial charge in [-0.05, 0) is 6.42 Å². The average Bonchev–Trinajstić information content (AvgIpc) is 2.56. The molecule has 7 nitrogen and oxygen atoms in total. The molecule has 0 bridgehead atoms. The summed E-state index contributed by atoms with van der Waals surface area (Å²) < 4.78 is 4.60. The number of carbonyl (C=O) groups is 3. The van der Waals surface area contributed by atoms with Crippen LogP contribution < -0.4 is 0 Å². The highest BCUT2D eigenvalue weighted by Crippen LogP contribution is 2.12. The van der Waals surface area contributed by atoms with Gasteiger partial charge in [-0.15, -0.1) is 5.06 Å². The van der Waals surface area contributed by atoms with Gasteiger partial charge in [0, 0.05) is 19.4 Å². The van der Waals surface area contributed by atoms with Gasteiger partial charge >= 0.3 is 5.97 Å². The predicted molar refractivity (Wildman–Crippen MR) is 49.5 cm³/mol. The molecule has 1 aliphatic rings. The molecule has 1 N–H and O–H groups in total. The minimum absolute atomic E-state index is 0.0249. The Labute approximate surface area is 91.9 Å². The minimum Gasteiger partial charge on any atom is -0.371 e. The maximum absolute atomic E-state index is 11.2. The number of amides is 2. The van der Waals surface area contributed by atoms with Crippen molar-refractivity contribution in [1.82, 2.24) is 5.06 Å². The van der Waals surface area contributed by atoms with E-state index in [2.05, 4.69) is 9.57 Å². The van der Waals surface area contributed by atoms with Crippen LogP contribution in [0.5, 0.6) is 0 Å². The Morgan fingerprint density at radius 2 is 1.94 bits per heavy atom. The Bertz CT molecular complexity index is 274. The molecule has 0 aliphatic carbocycles. The lowest BCUT2D eigenvalue weighted by molar-refractivity contribution is -0.197. The zero-order valence-corrected chi connectivity index (χ0v) is 8.68. The zero-order valence-electron chi connectivity index (χ0n) is 8.68. The maximum Gasteiger partial charge on any atom is 0.333 e. The smallest absolute Gasteiger partial charge is 0.333 e. The first-order chi connectivity index (χ1) is 7.65. The second kappa shape index (κ2) is 6.19. The van der Waals surface area contributed by atoms with E-state index in [1.807, 2.05) is 0 Å². The van der Waals surface area contributed by atoms with E-state index in [-0.39, 0.29) is 25.9 Å². The number of ether oxygens (including phenoxy) is 1. The van der Waals surface area contributed by atoms with Crippen molar-refractivity contribution >= 4 is 17.8 Å². The van der Waals surface area contributed by atoms with Crippen molar-refractivity contribution < 1.29 is 29.1 Å². The monoisotopic (exact) mass is 231 g/mol. The Morgan fingerprint density at radius 3 is 2.50 bits per heavy atom. The van der Waals surface area contributed by atoms with Crippen LogP contribution in [0.3, 0.4) is 0 Å². The van der Waals surface area contributed by atoms with Gasteiger partial charge in [-0.3, -0.25) is 9.59 Å². The molecular formula is C9H13NO6. The van der Waals surface area contributed by atoms with Crippen LogP contribution in [0.15, 0.2) is 0 Å². The van der Waals surface area contributed by atoms with Gasteiger partial charge in [0.25, 0.3) is 11.8 Å². The van der Waals surface area contributed by atoms with Gasteiger partial charge in [0.05, 0.1) is 6.42 Å². The molecule has 0 aromatic heterocycles. The molecule has 90 valence electrons. The third-order valence-corrected chi connectivity index (χ3v) is 1.96.